The third kappa shape index (κ3) is 39.9. The van der Waals surface area contributed by atoms with E-state index in [9.17, 15) is 0 Å². The number of hydrogen-bond acceptors (Lipinski definition) is 3. The molecule has 0 rings (SSSR count). The van der Waals surface area contributed by atoms with Crippen LogP contribution in [0.4, 0.5) is 0 Å². The normalized spacial score (nSPS) is 9.52. The van der Waals surface area contributed by atoms with Gasteiger partial charge in [-0.05, 0) is 12.8 Å². The molecule has 25 heavy (non-hydrogen) atoms. The van der Waals surface area contributed by atoms with Crippen molar-refractivity contribution in [2.24, 2.45) is 0 Å². The number of rotatable bonds is 15. The Kier molecular flexibility index (Phi) is 36.5. The molecule has 0 aliphatic rings. The van der Waals surface area contributed by atoms with Gasteiger partial charge >= 0.3 is 0 Å². The first-order valence-corrected chi connectivity index (χ1v) is 10.7. The van der Waals surface area contributed by atoms with Crippen molar-refractivity contribution in [3.05, 3.63) is 12.3 Å². The van der Waals surface area contributed by atoms with E-state index in [4.69, 9.17) is 9.94 Å². The molecule has 0 aliphatic heterocycles. The lowest BCUT2D eigenvalue weighted by molar-refractivity contribution is 0.164. The number of allylic oxidation sites excluding steroid dienone is 1. The van der Waals surface area contributed by atoms with E-state index in [-0.39, 0.29) is 0 Å². The smallest absolute Gasteiger partial charge is 0.0883 e. The minimum absolute atomic E-state index is 0.699. The molecule has 0 radical (unpaired) electrons. The molecule has 0 bridgehead atoms. The van der Waals surface area contributed by atoms with Crippen LogP contribution in [0.3, 0.4) is 0 Å². The number of hydroxylamine groups is 1. The van der Waals surface area contributed by atoms with E-state index in [1.165, 1.54) is 70.6 Å². The van der Waals surface area contributed by atoms with Gasteiger partial charge < -0.3 is 9.94 Å². The molecular formula is C22H49NO2. The van der Waals surface area contributed by atoms with Crippen LogP contribution < -0.4 is 5.48 Å². The Bertz CT molecular complexity index is 212. The van der Waals surface area contributed by atoms with E-state index >= 15 is 0 Å². The summed E-state index contributed by atoms with van der Waals surface area (Å²) in [7, 11) is 1.66. The first kappa shape index (κ1) is 29.2. The molecule has 2 N–H and O–H groups in total. The lowest BCUT2D eigenvalue weighted by atomic mass is 10.1. The van der Waals surface area contributed by atoms with Gasteiger partial charge in [0, 0.05) is 13.0 Å². The second-order valence-electron chi connectivity index (χ2n) is 6.58. The second-order valence-corrected chi connectivity index (χ2v) is 6.58. The number of ether oxygens (including phenoxy) is 1. The summed E-state index contributed by atoms with van der Waals surface area (Å²) in [6.45, 7) is 13.3. The van der Waals surface area contributed by atoms with Crippen LogP contribution in [0.1, 0.15) is 118 Å². The molecule has 3 nitrogen and oxygen atoms in total. The number of unbranched alkanes of at least 4 members (excludes halogenated alkanes) is 10. The summed E-state index contributed by atoms with van der Waals surface area (Å²) in [4.78, 5) is 0. The van der Waals surface area contributed by atoms with Crippen molar-refractivity contribution >= 4 is 0 Å². The van der Waals surface area contributed by atoms with Crippen LogP contribution in [0.15, 0.2) is 12.3 Å². The van der Waals surface area contributed by atoms with Crippen molar-refractivity contribution in [3.63, 3.8) is 0 Å². The van der Waals surface area contributed by atoms with Gasteiger partial charge in [0.2, 0.25) is 0 Å². The molecule has 3 heteroatoms. The molecule has 0 amide bonds. The first-order chi connectivity index (χ1) is 12.1. The summed E-state index contributed by atoms with van der Waals surface area (Å²) < 4.78 is 4.96. The van der Waals surface area contributed by atoms with E-state index in [0.717, 1.165) is 25.0 Å². The molecular weight excluding hydrogens is 310 g/mol. The van der Waals surface area contributed by atoms with Gasteiger partial charge in [-0.3, -0.25) is 0 Å². The monoisotopic (exact) mass is 359 g/mol. The van der Waals surface area contributed by atoms with Gasteiger partial charge in [-0.2, -0.15) is 0 Å². The Morgan fingerprint density at radius 2 is 1.16 bits per heavy atom. The zero-order valence-corrected chi connectivity index (χ0v) is 18.2. The molecule has 0 saturated heterocycles. The largest absolute Gasteiger partial charge is 0.502 e. The third-order valence-corrected chi connectivity index (χ3v) is 3.99. The van der Waals surface area contributed by atoms with Crippen LogP contribution in [0.2, 0.25) is 0 Å². The molecule has 0 spiro atoms. The lowest BCUT2D eigenvalue weighted by Gasteiger charge is -2.03. The first-order valence-electron chi connectivity index (χ1n) is 10.7. The van der Waals surface area contributed by atoms with Gasteiger partial charge in [-0.1, -0.05) is 105 Å². The highest BCUT2D eigenvalue weighted by molar-refractivity contribution is 4.80. The molecule has 0 fully saturated rings. The lowest BCUT2D eigenvalue weighted by Crippen LogP contribution is -2.07. The van der Waals surface area contributed by atoms with E-state index in [0.29, 0.717) is 6.54 Å². The summed E-state index contributed by atoms with van der Waals surface area (Å²) in [6.07, 6.45) is 17.9. The van der Waals surface area contributed by atoms with Crippen LogP contribution in [0.25, 0.3) is 0 Å². The molecule has 0 unspecified atom stereocenters. The fourth-order valence-corrected chi connectivity index (χ4v) is 2.01. The summed E-state index contributed by atoms with van der Waals surface area (Å²) in [5.41, 5.74) is 2.15. The Hall–Kier alpha value is -0.540. The molecule has 154 valence electrons. The number of hydrogen-bond donors (Lipinski definition) is 2. The molecule has 0 aromatic rings. The summed E-state index contributed by atoms with van der Waals surface area (Å²) >= 11 is 0. The Morgan fingerprint density at radius 1 is 0.720 bits per heavy atom. The Labute approximate surface area is 159 Å². The van der Waals surface area contributed by atoms with Crippen LogP contribution in [-0.2, 0) is 4.74 Å². The van der Waals surface area contributed by atoms with Crippen molar-refractivity contribution < 1.29 is 9.94 Å². The fourth-order valence-electron chi connectivity index (χ4n) is 2.01. The topological polar surface area (TPSA) is 41.5 Å². The predicted octanol–water partition coefficient (Wildman–Crippen LogP) is 7.64. The highest BCUT2D eigenvalue weighted by Crippen LogP contribution is 2.09. The Morgan fingerprint density at radius 3 is 1.56 bits per heavy atom. The average Bonchev–Trinajstić information content (AvgIpc) is 2.65. The molecule has 0 aromatic heterocycles. The van der Waals surface area contributed by atoms with E-state index in [1.807, 2.05) is 0 Å². The van der Waals surface area contributed by atoms with Gasteiger partial charge in [0.05, 0.1) is 12.9 Å². The van der Waals surface area contributed by atoms with Crippen LogP contribution in [0.5, 0.6) is 0 Å². The van der Waals surface area contributed by atoms with Crippen LogP contribution >= 0.6 is 0 Å². The molecule has 0 aliphatic carbocycles. The minimum Gasteiger partial charge on any atom is -0.502 e. The van der Waals surface area contributed by atoms with Crippen molar-refractivity contribution in [1.29, 1.82) is 0 Å². The van der Waals surface area contributed by atoms with Crippen molar-refractivity contribution in [2.45, 2.75) is 118 Å². The van der Waals surface area contributed by atoms with Gasteiger partial charge in [-0.15, -0.1) is 0 Å². The minimum atomic E-state index is 0.699. The molecule has 0 atom stereocenters. The van der Waals surface area contributed by atoms with Gasteiger partial charge in [0.1, 0.15) is 0 Å². The summed E-state index contributed by atoms with van der Waals surface area (Å²) in [5, 5.41) is 8.30. The molecule has 0 saturated carbocycles. The van der Waals surface area contributed by atoms with E-state index < -0.39 is 0 Å². The summed E-state index contributed by atoms with van der Waals surface area (Å²) in [6, 6.07) is 0. The van der Waals surface area contributed by atoms with Crippen molar-refractivity contribution in [2.75, 3.05) is 13.7 Å². The quantitative estimate of drug-likeness (QED) is 0.179. The highest BCUT2D eigenvalue weighted by Gasteiger charge is 1.93. The van der Waals surface area contributed by atoms with Crippen LogP contribution in [0, 0.1) is 0 Å². The third-order valence-electron chi connectivity index (χ3n) is 3.99. The SMILES string of the molecule is C=C(CCCCCCCNO)OC.CCCC.CCCCCCCC. The van der Waals surface area contributed by atoms with Crippen molar-refractivity contribution in [3.8, 4) is 0 Å². The standard InChI is InChI=1S/C10H21NO2.C8H18.C4H10/c1-10(13-2)8-6-4-3-5-7-9-11-12;1-3-5-7-8-6-4-2;1-3-4-2/h11-12H,1,3-9H2,2H3;3-8H2,1-2H3;3-4H2,1-2H3. The number of methoxy groups -OCH3 is 1. The average molecular weight is 360 g/mol. The Balaban J connectivity index is -0.000000342. The maximum absolute atomic E-state index is 8.30. The van der Waals surface area contributed by atoms with E-state index in [2.05, 4.69) is 39.8 Å². The zero-order chi connectivity index (χ0) is 19.6. The second kappa shape index (κ2) is 31.3. The van der Waals surface area contributed by atoms with Gasteiger partial charge in [0.25, 0.3) is 0 Å². The maximum atomic E-state index is 8.30. The maximum Gasteiger partial charge on any atom is 0.0883 e. The molecule has 0 heterocycles. The fraction of sp³-hybridized carbons (Fsp3) is 0.909. The van der Waals surface area contributed by atoms with Gasteiger partial charge in [-0.25, -0.2) is 5.48 Å². The van der Waals surface area contributed by atoms with Crippen LogP contribution in [-0.4, -0.2) is 18.9 Å². The predicted molar refractivity (Wildman–Crippen MR) is 113 cm³/mol. The highest BCUT2D eigenvalue weighted by atomic mass is 16.5. The summed E-state index contributed by atoms with van der Waals surface area (Å²) in [5.74, 6) is 0.872. The number of nitrogens with one attached hydrogen (secondary N) is 1. The van der Waals surface area contributed by atoms with E-state index in [1.54, 1.807) is 7.11 Å². The molecule has 0 aromatic carbocycles. The zero-order valence-electron chi connectivity index (χ0n) is 18.2. The van der Waals surface area contributed by atoms with Crippen molar-refractivity contribution in [1.82, 2.24) is 5.48 Å². The van der Waals surface area contributed by atoms with Gasteiger partial charge in [0.15, 0.2) is 0 Å².